The van der Waals surface area contributed by atoms with Gasteiger partial charge >= 0.3 is 0 Å². The Balaban J connectivity index is 4.09. The summed E-state index contributed by atoms with van der Waals surface area (Å²) in [5.41, 5.74) is 5.27. The molecule has 2 heteroatoms. The fraction of sp³-hybridized carbons (Fsp3) is 0.875. The summed E-state index contributed by atoms with van der Waals surface area (Å²) in [5, 5.41) is 0. The standard InChI is InChI=1S/C8H17NO/c1-5-6(9)7(10)8(2,3)4/h6H,5,9H2,1-4H3/t6-/m1/s1. The summed E-state index contributed by atoms with van der Waals surface area (Å²) in [6.45, 7) is 7.61. The molecular formula is C8H17NO. The molecule has 0 bridgehead atoms. The molecule has 0 saturated carbocycles. The Morgan fingerprint density at radius 3 is 2.00 bits per heavy atom. The van der Waals surface area contributed by atoms with Crippen molar-refractivity contribution in [1.29, 1.82) is 0 Å². The number of carbonyl (C=O) groups excluding carboxylic acids is 1. The molecule has 0 fully saturated rings. The van der Waals surface area contributed by atoms with Crippen molar-refractivity contribution in [3.63, 3.8) is 0 Å². The molecule has 0 radical (unpaired) electrons. The number of carbonyl (C=O) groups is 1. The van der Waals surface area contributed by atoms with Crippen LogP contribution in [-0.2, 0) is 4.79 Å². The van der Waals surface area contributed by atoms with Crippen molar-refractivity contribution in [3.05, 3.63) is 0 Å². The molecular weight excluding hydrogens is 126 g/mol. The quantitative estimate of drug-likeness (QED) is 0.634. The van der Waals surface area contributed by atoms with Gasteiger partial charge in [-0.05, 0) is 6.42 Å². The fourth-order valence-electron chi connectivity index (χ4n) is 0.742. The van der Waals surface area contributed by atoms with E-state index < -0.39 is 0 Å². The maximum atomic E-state index is 11.3. The highest BCUT2D eigenvalue weighted by Crippen LogP contribution is 2.16. The van der Waals surface area contributed by atoms with Crippen molar-refractivity contribution >= 4 is 5.78 Å². The Morgan fingerprint density at radius 1 is 1.50 bits per heavy atom. The molecule has 0 rings (SSSR count). The van der Waals surface area contributed by atoms with Crippen LogP contribution in [0.3, 0.4) is 0 Å². The van der Waals surface area contributed by atoms with Crippen molar-refractivity contribution in [2.75, 3.05) is 0 Å². The minimum absolute atomic E-state index is 0.148. The maximum absolute atomic E-state index is 11.3. The first-order valence-electron chi connectivity index (χ1n) is 3.69. The van der Waals surface area contributed by atoms with Crippen molar-refractivity contribution in [2.24, 2.45) is 11.1 Å². The summed E-state index contributed by atoms with van der Waals surface area (Å²) in [7, 11) is 0. The SMILES string of the molecule is CC[C@@H](N)C(=O)C(C)(C)C. The molecule has 10 heavy (non-hydrogen) atoms. The molecule has 0 aliphatic heterocycles. The molecule has 2 N–H and O–H groups in total. The van der Waals surface area contributed by atoms with Gasteiger partial charge in [0, 0.05) is 5.41 Å². The van der Waals surface area contributed by atoms with Crippen LogP contribution in [0.2, 0.25) is 0 Å². The van der Waals surface area contributed by atoms with Crippen LogP contribution in [0.25, 0.3) is 0 Å². The van der Waals surface area contributed by atoms with Gasteiger partial charge in [0.15, 0.2) is 5.78 Å². The lowest BCUT2D eigenvalue weighted by atomic mass is 9.86. The predicted octanol–water partition coefficient (Wildman–Crippen LogP) is 1.34. The van der Waals surface area contributed by atoms with Crippen LogP contribution < -0.4 is 5.73 Å². The normalized spacial score (nSPS) is 14.9. The minimum atomic E-state index is -0.282. The van der Waals surface area contributed by atoms with Crippen molar-refractivity contribution in [3.8, 4) is 0 Å². The van der Waals surface area contributed by atoms with Crippen LogP contribution in [0.1, 0.15) is 34.1 Å². The zero-order valence-electron chi connectivity index (χ0n) is 7.27. The average Bonchev–Trinajstić information content (AvgIpc) is 1.83. The lowest BCUT2D eigenvalue weighted by Gasteiger charge is -2.20. The van der Waals surface area contributed by atoms with Crippen LogP contribution in [0.15, 0.2) is 0 Å². The number of ketones is 1. The van der Waals surface area contributed by atoms with Gasteiger partial charge in [-0.3, -0.25) is 4.79 Å². The van der Waals surface area contributed by atoms with Gasteiger partial charge in [-0.1, -0.05) is 27.7 Å². The summed E-state index contributed by atoms with van der Waals surface area (Å²) in [6.07, 6.45) is 0.732. The molecule has 0 spiro atoms. The van der Waals surface area contributed by atoms with E-state index in [4.69, 9.17) is 5.73 Å². The third-order valence-electron chi connectivity index (χ3n) is 1.52. The van der Waals surface area contributed by atoms with Gasteiger partial charge in [0.25, 0.3) is 0 Å². The van der Waals surface area contributed by atoms with E-state index in [1.807, 2.05) is 27.7 Å². The smallest absolute Gasteiger partial charge is 0.154 e. The Morgan fingerprint density at radius 2 is 1.90 bits per heavy atom. The zero-order chi connectivity index (χ0) is 8.36. The first-order chi connectivity index (χ1) is 4.39. The van der Waals surface area contributed by atoms with E-state index in [9.17, 15) is 4.79 Å². The van der Waals surface area contributed by atoms with E-state index in [0.717, 1.165) is 6.42 Å². The molecule has 0 aromatic heterocycles. The highest BCUT2D eigenvalue weighted by atomic mass is 16.1. The van der Waals surface area contributed by atoms with E-state index >= 15 is 0 Å². The Labute approximate surface area is 62.8 Å². The Bertz CT molecular complexity index is 124. The van der Waals surface area contributed by atoms with Crippen molar-refractivity contribution in [2.45, 2.75) is 40.2 Å². The van der Waals surface area contributed by atoms with Crippen molar-refractivity contribution in [1.82, 2.24) is 0 Å². The Kier molecular flexibility index (Phi) is 3.03. The van der Waals surface area contributed by atoms with Crippen LogP contribution >= 0.6 is 0 Å². The third kappa shape index (κ3) is 2.48. The highest BCUT2D eigenvalue weighted by molar-refractivity contribution is 5.88. The average molecular weight is 143 g/mol. The molecule has 0 aromatic rings. The molecule has 0 saturated heterocycles. The van der Waals surface area contributed by atoms with Gasteiger partial charge in [0.2, 0.25) is 0 Å². The maximum Gasteiger partial charge on any atom is 0.154 e. The molecule has 0 unspecified atom stereocenters. The second kappa shape index (κ2) is 3.15. The third-order valence-corrected chi connectivity index (χ3v) is 1.52. The van der Waals surface area contributed by atoms with Crippen molar-refractivity contribution < 1.29 is 4.79 Å². The summed E-state index contributed by atoms with van der Waals surface area (Å²) >= 11 is 0. The van der Waals surface area contributed by atoms with Gasteiger partial charge in [0.05, 0.1) is 6.04 Å². The summed E-state index contributed by atoms with van der Waals surface area (Å²) < 4.78 is 0. The molecule has 2 nitrogen and oxygen atoms in total. The van der Waals surface area contributed by atoms with Gasteiger partial charge in [-0.15, -0.1) is 0 Å². The van der Waals surface area contributed by atoms with E-state index in [1.165, 1.54) is 0 Å². The van der Waals surface area contributed by atoms with E-state index in [1.54, 1.807) is 0 Å². The van der Waals surface area contributed by atoms with Crippen LogP contribution in [0, 0.1) is 5.41 Å². The highest BCUT2D eigenvalue weighted by Gasteiger charge is 2.25. The molecule has 0 aliphatic carbocycles. The van der Waals surface area contributed by atoms with Gasteiger partial charge in [-0.2, -0.15) is 0 Å². The first kappa shape index (κ1) is 9.63. The minimum Gasteiger partial charge on any atom is -0.321 e. The number of Topliss-reactive ketones (excluding diaryl/α,β-unsaturated/α-hetero) is 1. The van der Waals surface area contributed by atoms with Gasteiger partial charge < -0.3 is 5.73 Å². The number of rotatable bonds is 2. The zero-order valence-corrected chi connectivity index (χ0v) is 7.27. The summed E-state index contributed by atoms with van der Waals surface area (Å²) in [4.78, 5) is 11.3. The lowest BCUT2D eigenvalue weighted by molar-refractivity contribution is -0.127. The van der Waals surface area contributed by atoms with E-state index in [-0.39, 0.29) is 17.2 Å². The largest absolute Gasteiger partial charge is 0.321 e. The second-order valence-electron chi connectivity index (χ2n) is 3.63. The van der Waals surface area contributed by atoms with E-state index in [2.05, 4.69) is 0 Å². The molecule has 0 amide bonds. The lowest BCUT2D eigenvalue weighted by Crippen LogP contribution is -2.38. The first-order valence-corrected chi connectivity index (χ1v) is 3.69. The second-order valence-corrected chi connectivity index (χ2v) is 3.63. The molecule has 1 atom stereocenters. The topological polar surface area (TPSA) is 43.1 Å². The predicted molar refractivity (Wildman–Crippen MR) is 42.7 cm³/mol. The van der Waals surface area contributed by atoms with Gasteiger partial charge in [-0.25, -0.2) is 0 Å². The van der Waals surface area contributed by atoms with Gasteiger partial charge in [0.1, 0.15) is 0 Å². The molecule has 0 aliphatic rings. The number of nitrogens with two attached hydrogens (primary N) is 1. The molecule has 60 valence electrons. The monoisotopic (exact) mass is 143 g/mol. The van der Waals surface area contributed by atoms with Crippen LogP contribution in [0.5, 0.6) is 0 Å². The molecule has 0 heterocycles. The fourth-order valence-corrected chi connectivity index (χ4v) is 0.742. The molecule has 0 aromatic carbocycles. The summed E-state index contributed by atoms with van der Waals surface area (Å²) in [5.74, 6) is 0.148. The Hall–Kier alpha value is -0.370. The van der Waals surface area contributed by atoms with Crippen LogP contribution in [-0.4, -0.2) is 11.8 Å². The van der Waals surface area contributed by atoms with E-state index in [0.29, 0.717) is 0 Å². The number of hydrogen-bond donors (Lipinski definition) is 1. The number of hydrogen-bond acceptors (Lipinski definition) is 2. The summed E-state index contributed by atoms with van der Waals surface area (Å²) in [6, 6.07) is -0.278. The van der Waals surface area contributed by atoms with Crippen LogP contribution in [0.4, 0.5) is 0 Å².